The lowest BCUT2D eigenvalue weighted by molar-refractivity contribution is -0.266. The van der Waals surface area contributed by atoms with Gasteiger partial charge in [-0.15, -0.1) is 0 Å². The molecule has 1 amide bonds. The molecule has 0 aliphatic heterocycles. The number of rotatable bonds is 4. The number of benzene rings is 1. The van der Waals surface area contributed by atoms with E-state index in [1.54, 1.807) is 7.05 Å². The lowest BCUT2D eigenvalue weighted by Gasteiger charge is -2.30. The highest BCUT2D eigenvalue weighted by Gasteiger charge is 2.15. The van der Waals surface area contributed by atoms with E-state index in [2.05, 4.69) is 0 Å². The molecule has 1 aromatic carbocycles. The summed E-state index contributed by atoms with van der Waals surface area (Å²) in [6.45, 7) is 2.04. The van der Waals surface area contributed by atoms with Gasteiger partial charge in [0.25, 0.3) is 0 Å². The molecule has 15 heavy (non-hydrogen) atoms. The number of hydrogen-bond donors (Lipinski definition) is 0. The Kier molecular flexibility index (Phi) is 4.16. The molecule has 1 unspecified atom stereocenters. The molecule has 0 saturated heterocycles. The van der Waals surface area contributed by atoms with Crippen LogP contribution in [0.3, 0.4) is 0 Å². The van der Waals surface area contributed by atoms with Crippen molar-refractivity contribution < 1.29 is 9.90 Å². The Morgan fingerprint density at radius 3 is 2.47 bits per heavy atom. The largest absolute Gasteiger partial charge is 0.530 e. The van der Waals surface area contributed by atoms with Gasteiger partial charge in [0.15, 0.2) is 0 Å². The first-order valence-electron chi connectivity index (χ1n) is 5.15. The van der Waals surface area contributed by atoms with Gasteiger partial charge in [-0.2, -0.15) is 0 Å². The maximum atomic E-state index is 10.8. The van der Waals surface area contributed by atoms with Gasteiger partial charge >= 0.3 is 0 Å². The Hall–Kier alpha value is -1.51. The molecule has 0 fully saturated rings. The summed E-state index contributed by atoms with van der Waals surface area (Å²) in [4.78, 5) is 12.1. The molecule has 0 radical (unpaired) electrons. The fourth-order valence-corrected chi connectivity index (χ4v) is 1.66. The minimum atomic E-state index is -1.13. The fraction of sp³-hybridized carbons (Fsp3) is 0.417. The highest BCUT2D eigenvalue weighted by molar-refractivity contribution is 5.62. The van der Waals surface area contributed by atoms with Crippen LogP contribution in [0.2, 0.25) is 0 Å². The molecular formula is C12H16NO2-. The van der Waals surface area contributed by atoms with Gasteiger partial charge in [-0.1, -0.05) is 43.7 Å². The first kappa shape index (κ1) is 11.6. The third kappa shape index (κ3) is 2.98. The Labute approximate surface area is 90.3 Å². The van der Waals surface area contributed by atoms with E-state index in [9.17, 15) is 9.90 Å². The summed E-state index contributed by atoms with van der Waals surface area (Å²) in [5.74, 6) is 0. The highest BCUT2D eigenvalue weighted by atomic mass is 16.4. The van der Waals surface area contributed by atoms with Crippen LogP contribution in [0.15, 0.2) is 30.3 Å². The molecule has 0 N–H and O–H groups in total. The minimum Gasteiger partial charge on any atom is -0.530 e. The molecule has 0 saturated carbocycles. The standard InChI is InChI=1S/C12H17NO2/c1-3-7-11(13(2)12(14)15)10-8-5-4-6-9-10/h4-6,8-9,11H,3,7H2,1-2H3,(H,14,15)/p-1. The number of hydrogen-bond acceptors (Lipinski definition) is 2. The third-order valence-electron chi connectivity index (χ3n) is 2.50. The summed E-state index contributed by atoms with van der Waals surface area (Å²) < 4.78 is 0. The van der Waals surface area contributed by atoms with Gasteiger partial charge in [0.05, 0.1) is 6.04 Å². The molecule has 1 atom stereocenters. The predicted molar refractivity (Wildman–Crippen MR) is 57.3 cm³/mol. The third-order valence-corrected chi connectivity index (χ3v) is 2.50. The summed E-state index contributed by atoms with van der Waals surface area (Å²) in [5.41, 5.74) is 1.02. The Morgan fingerprint density at radius 2 is 2.00 bits per heavy atom. The first-order valence-corrected chi connectivity index (χ1v) is 5.15. The van der Waals surface area contributed by atoms with Gasteiger partial charge in [0.1, 0.15) is 6.09 Å². The molecular weight excluding hydrogens is 190 g/mol. The van der Waals surface area contributed by atoms with Crippen LogP contribution in [0.4, 0.5) is 4.79 Å². The van der Waals surface area contributed by atoms with Gasteiger partial charge < -0.3 is 14.8 Å². The Bertz CT molecular complexity index is 311. The van der Waals surface area contributed by atoms with Gasteiger partial charge in [-0.05, 0) is 12.0 Å². The second kappa shape index (κ2) is 5.39. The van der Waals surface area contributed by atoms with Crippen molar-refractivity contribution >= 4 is 6.09 Å². The Morgan fingerprint density at radius 1 is 1.40 bits per heavy atom. The van der Waals surface area contributed by atoms with E-state index >= 15 is 0 Å². The molecule has 82 valence electrons. The van der Waals surface area contributed by atoms with Crippen molar-refractivity contribution in [3.8, 4) is 0 Å². The lowest BCUT2D eigenvalue weighted by Crippen LogP contribution is -2.40. The van der Waals surface area contributed by atoms with Crippen LogP contribution in [0.1, 0.15) is 31.4 Å². The zero-order valence-corrected chi connectivity index (χ0v) is 9.14. The number of carboxylic acid groups (broad SMARTS) is 1. The Balaban J connectivity index is 2.87. The molecule has 0 spiro atoms. The van der Waals surface area contributed by atoms with Gasteiger partial charge in [-0.3, -0.25) is 0 Å². The van der Waals surface area contributed by atoms with Crippen molar-refractivity contribution in [3.05, 3.63) is 35.9 Å². The zero-order chi connectivity index (χ0) is 11.3. The van der Waals surface area contributed by atoms with E-state index in [-0.39, 0.29) is 6.04 Å². The van der Waals surface area contributed by atoms with Crippen LogP contribution < -0.4 is 5.11 Å². The van der Waals surface area contributed by atoms with Crippen LogP contribution in [0.5, 0.6) is 0 Å². The maximum absolute atomic E-state index is 10.8. The molecule has 0 heterocycles. The van der Waals surface area contributed by atoms with Gasteiger partial charge in [0, 0.05) is 7.05 Å². The molecule has 3 nitrogen and oxygen atoms in total. The van der Waals surface area contributed by atoms with Gasteiger partial charge in [-0.25, -0.2) is 0 Å². The maximum Gasteiger partial charge on any atom is 0.137 e. The molecule has 0 aliphatic rings. The average Bonchev–Trinajstić information content (AvgIpc) is 2.26. The molecule has 0 aliphatic carbocycles. The van der Waals surface area contributed by atoms with Crippen LogP contribution in [0, 0.1) is 0 Å². The number of amides is 1. The molecule has 1 rings (SSSR count). The van der Waals surface area contributed by atoms with Crippen molar-refractivity contribution in [3.63, 3.8) is 0 Å². The number of nitrogens with zero attached hydrogens (tertiary/aromatic N) is 1. The monoisotopic (exact) mass is 206 g/mol. The smallest absolute Gasteiger partial charge is 0.137 e. The van der Waals surface area contributed by atoms with Crippen molar-refractivity contribution in [1.82, 2.24) is 4.90 Å². The van der Waals surface area contributed by atoms with Crippen LogP contribution >= 0.6 is 0 Å². The summed E-state index contributed by atoms with van der Waals surface area (Å²) >= 11 is 0. The van der Waals surface area contributed by atoms with E-state index in [0.717, 1.165) is 18.4 Å². The van der Waals surface area contributed by atoms with E-state index in [1.165, 1.54) is 4.90 Å². The second-order valence-corrected chi connectivity index (χ2v) is 3.59. The van der Waals surface area contributed by atoms with E-state index in [0.29, 0.717) is 0 Å². The normalized spacial score (nSPS) is 12.1. The molecule has 0 bridgehead atoms. The minimum absolute atomic E-state index is 0.0961. The van der Waals surface area contributed by atoms with Crippen molar-refractivity contribution in [2.75, 3.05) is 7.05 Å². The fourth-order valence-electron chi connectivity index (χ4n) is 1.66. The van der Waals surface area contributed by atoms with Crippen LogP contribution in [0.25, 0.3) is 0 Å². The quantitative estimate of drug-likeness (QED) is 0.754. The SMILES string of the molecule is CCCC(c1ccccc1)N(C)C(=O)[O-]. The van der Waals surface area contributed by atoms with Crippen molar-refractivity contribution in [1.29, 1.82) is 0 Å². The average molecular weight is 206 g/mol. The van der Waals surface area contributed by atoms with Crippen molar-refractivity contribution in [2.24, 2.45) is 0 Å². The van der Waals surface area contributed by atoms with Gasteiger partial charge in [0.2, 0.25) is 0 Å². The number of carbonyl (C=O) groups excluding carboxylic acids is 1. The molecule has 0 aromatic heterocycles. The highest BCUT2D eigenvalue weighted by Crippen LogP contribution is 2.23. The second-order valence-electron chi connectivity index (χ2n) is 3.59. The summed E-state index contributed by atoms with van der Waals surface area (Å²) in [7, 11) is 1.56. The predicted octanol–water partition coefficient (Wildman–Crippen LogP) is 1.80. The first-order chi connectivity index (χ1) is 7.16. The van der Waals surface area contributed by atoms with E-state index < -0.39 is 6.09 Å². The van der Waals surface area contributed by atoms with Crippen LogP contribution in [-0.4, -0.2) is 18.0 Å². The molecule has 1 aromatic rings. The van der Waals surface area contributed by atoms with Crippen molar-refractivity contribution in [2.45, 2.75) is 25.8 Å². The summed E-state index contributed by atoms with van der Waals surface area (Å²) in [6, 6.07) is 9.55. The van der Waals surface area contributed by atoms with E-state index in [1.807, 2.05) is 37.3 Å². The van der Waals surface area contributed by atoms with Crippen LogP contribution in [-0.2, 0) is 0 Å². The topological polar surface area (TPSA) is 43.4 Å². The summed E-state index contributed by atoms with van der Waals surface area (Å²) in [5, 5.41) is 10.8. The summed E-state index contributed by atoms with van der Waals surface area (Å²) in [6.07, 6.45) is 0.628. The van der Waals surface area contributed by atoms with E-state index in [4.69, 9.17) is 0 Å². The number of carbonyl (C=O) groups is 1. The zero-order valence-electron chi connectivity index (χ0n) is 9.14. The molecule has 3 heteroatoms. The lowest BCUT2D eigenvalue weighted by atomic mass is 10.0.